The van der Waals surface area contributed by atoms with E-state index in [1.807, 2.05) is 24.3 Å². The average Bonchev–Trinajstić information content (AvgIpc) is 2.53. The molecule has 3 aromatic rings. The number of fused-ring (bicyclic) bond motifs is 1. The van der Waals surface area contributed by atoms with Crippen molar-refractivity contribution in [2.24, 2.45) is 5.84 Å². The number of nitrogens with two attached hydrogens (primary N) is 1. The van der Waals surface area contributed by atoms with E-state index in [2.05, 4.69) is 46.6 Å². The van der Waals surface area contributed by atoms with Gasteiger partial charge in [-0.25, -0.2) is 15.8 Å². The van der Waals surface area contributed by atoms with E-state index in [0.717, 1.165) is 17.7 Å². The smallest absolute Gasteiger partial charge is 0.161 e. The van der Waals surface area contributed by atoms with E-state index in [-0.39, 0.29) is 0 Å². The largest absolute Gasteiger partial charge is 0.308 e. The van der Waals surface area contributed by atoms with E-state index < -0.39 is 0 Å². The van der Waals surface area contributed by atoms with E-state index in [4.69, 9.17) is 5.84 Å². The second-order valence-corrected chi connectivity index (χ2v) is 4.63. The third-order valence-corrected chi connectivity index (χ3v) is 3.30. The Hall–Kier alpha value is -2.46. The van der Waals surface area contributed by atoms with Crippen LogP contribution in [0.1, 0.15) is 12.6 Å². The van der Waals surface area contributed by atoms with Crippen molar-refractivity contribution < 1.29 is 0 Å². The van der Waals surface area contributed by atoms with Gasteiger partial charge in [-0.2, -0.15) is 0 Å². The lowest BCUT2D eigenvalue weighted by Gasteiger charge is -2.07. The van der Waals surface area contributed by atoms with Crippen LogP contribution in [0.25, 0.3) is 22.2 Å². The summed E-state index contributed by atoms with van der Waals surface area (Å²) >= 11 is 0. The second kappa shape index (κ2) is 5.27. The number of aromatic nitrogens is 2. The predicted molar refractivity (Wildman–Crippen MR) is 82.2 cm³/mol. The van der Waals surface area contributed by atoms with Crippen molar-refractivity contribution in [2.45, 2.75) is 13.3 Å². The zero-order valence-corrected chi connectivity index (χ0v) is 11.3. The molecule has 4 heteroatoms. The lowest BCUT2D eigenvalue weighted by molar-refractivity contribution is 1.00. The van der Waals surface area contributed by atoms with Gasteiger partial charge in [0, 0.05) is 17.3 Å². The molecule has 2 aromatic carbocycles. The van der Waals surface area contributed by atoms with Crippen LogP contribution in [0.4, 0.5) is 5.82 Å². The highest BCUT2D eigenvalue weighted by Crippen LogP contribution is 2.23. The molecule has 0 aliphatic rings. The number of hydrazine groups is 1. The van der Waals surface area contributed by atoms with Crippen molar-refractivity contribution in [2.75, 3.05) is 5.43 Å². The lowest BCUT2D eigenvalue weighted by Crippen LogP contribution is -2.10. The van der Waals surface area contributed by atoms with Gasteiger partial charge in [-0.1, -0.05) is 43.3 Å². The molecule has 0 spiro atoms. The van der Waals surface area contributed by atoms with Gasteiger partial charge in [-0.3, -0.25) is 0 Å². The Labute approximate surface area is 117 Å². The summed E-state index contributed by atoms with van der Waals surface area (Å²) in [5.41, 5.74) is 4.56. The molecule has 1 heterocycles. The van der Waals surface area contributed by atoms with Crippen LogP contribution in [0.15, 0.2) is 48.5 Å². The molecule has 0 saturated carbocycles. The molecular weight excluding hydrogens is 248 g/mol. The number of nitrogens with zero attached hydrogens (tertiary/aromatic N) is 2. The van der Waals surface area contributed by atoms with Crippen LogP contribution in [0.5, 0.6) is 0 Å². The summed E-state index contributed by atoms with van der Waals surface area (Å²) in [6.45, 7) is 2.06. The third kappa shape index (κ3) is 2.33. The first-order chi connectivity index (χ1) is 9.80. The predicted octanol–water partition coefficient (Wildman–Crippen LogP) is 3.14. The Morgan fingerprint density at radius 1 is 1.00 bits per heavy atom. The van der Waals surface area contributed by atoms with Gasteiger partial charge < -0.3 is 5.43 Å². The Balaban J connectivity index is 2.14. The van der Waals surface area contributed by atoms with Crippen molar-refractivity contribution in [3.8, 4) is 11.4 Å². The number of nitrogen functional groups attached to an aromatic ring is 1. The summed E-state index contributed by atoms with van der Waals surface area (Å²) in [6, 6.07) is 16.3. The lowest BCUT2D eigenvalue weighted by atomic mass is 10.1. The highest BCUT2D eigenvalue weighted by molar-refractivity contribution is 5.86. The summed E-state index contributed by atoms with van der Waals surface area (Å²) in [5.74, 6) is 6.81. The highest BCUT2D eigenvalue weighted by Gasteiger charge is 2.06. The molecule has 0 radical (unpaired) electrons. The van der Waals surface area contributed by atoms with Gasteiger partial charge in [-0.05, 0) is 23.3 Å². The fourth-order valence-corrected chi connectivity index (χ4v) is 2.21. The van der Waals surface area contributed by atoms with Crippen LogP contribution in [0.2, 0.25) is 0 Å². The second-order valence-electron chi connectivity index (χ2n) is 4.63. The Morgan fingerprint density at radius 2 is 1.80 bits per heavy atom. The minimum absolute atomic E-state index is 0.639. The quantitative estimate of drug-likeness (QED) is 0.563. The van der Waals surface area contributed by atoms with Crippen LogP contribution in [0.3, 0.4) is 0 Å². The van der Waals surface area contributed by atoms with Crippen LogP contribution in [0, 0.1) is 0 Å². The zero-order chi connectivity index (χ0) is 13.9. The molecule has 4 nitrogen and oxygen atoms in total. The third-order valence-electron chi connectivity index (χ3n) is 3.30. The van der Waals surface area contributed by atoms with Gasteiger partial charge in [0.05, 0.1) is 0 Å². The molecule has 0 unspecified atom stereocenters. The Bertz CT molecular complexity index is 730. The number of aryl methyl sites for hydroxylation is 1. The van der Waals surface area contributed by atoms with E-state index in [0.29, 0.717) is 11.6 Å². The fourth-order valence-electron chi connectivity index (χ4n) is 2.21. The number of hydrogen-bond donors (Lipinski definition) is 2. The maximum Gasteiger partial charge on any atom is 0.161 e. The number of nitrogens with one attached hydrogen (secondary N) is 1. The van der Waals surface area contributed by atoms with Crippen molar-refractivity contribution >= 4 is 16.6 Å². The Kier molecular flexibility index (Phi) is 3.31. The van der Waals surface area contributed by atoms with Crippen LogP contribution in [-0.2, 0) is 6.42 Å². The molecule has 0 atom stereocenters. The topological polar surface area (TPSA) is 63.8 Å². The average molecular weight is 264 g/mol. The Morgan fingerprint density at radius 3 is 2.55 bits per heavy atom. The molecule has 0 saturated heterocycles. The number of benzene rings is 2. The molecule has 3 rings (SSSR count). The first-order valence-electron chi connectivity index (χ1n) is 6.64. The number of rotatable bonds is 3. The van der Waals surface area contributed by atoms with Gasteiger partial charge in [-0.15, -0.1) is 0 Å². The molecule has 0 bridgehead atoms. The molecule has 3 N–H and O–H groups in total. The number of hydrogen-bond acceptors (Lipinski definition) is 4. The van der Waals surface area contributed by atoms with Crippen molar-refractivity contribution in [3.63, 3.8) is 0 Å². The molecule has 1 aromatic heterocycles. The van der Waals surface area contributed by atoms with Crippen molar-refractivity contribution in [1.29, 1.82) is 0 Å². The van der Waals surface area contributed by atoms with Gasteiger partial charge >= 0.3 is 0 Å². The van der Waals surface area contributed by atoms with Gasteiger partial charge in [0.1, 0.15) is 5.82 Å². The summed E-state index contributed by atoms with van der Waals surface area (Å²) in [6.07, 6.45) is 0.845. The van der Waals surface area contributed by atoms with Gasteiger partial charge in [0.25, 0.3) is 0 Å². The molecule has 0 amide bonds. The molecule has 100 valence electrons. The van der Waals surface area contributed by atoms with E-state index in [1.165, 1.54) is 10.8 Å². The normalized spacial score (nSPS) is 10.7. The van der Waals surface area contributed by atoms with Crippen molar-refractivity contribution in [1.82, 2.24) is 9.97 Å². The molecule has 20 heavy (non-hydrogen) atoms. The van der Waals surface area contributed by atoms with Crippen LogP contribution < -0.4 is 11.3 Å². The molecule has 0 aliphatic heterocycles. The fraction of sp³-hybridized carbons (Fsp3) is 0.125. The number of anilines is 1. The maximum absolute atomic E-state index is 5.47. The molecular formula is C16H16N4. The summed E-state index contributed by atoms with van der Waals surface area (Å²) in [7, 11) is 0. The van der Waals surface area contributed by atoms with Crippen molar-refractivity contribution in [3.05, 3.63) is 54.2 Å². The van der Waals surface area contributed by atoms with Crippen LogP contribution >= 0.6 is 0 Å². The van der Waals surface area contributed by atoms with Crippen LogP contribution in [-0.4, -0.2) is 9.97 Å². The SMILES string of the molecule is CCc1cc(NN)nc(-c2ccc3ccccc3c2)n1. The first kappa shape index (κ1) is 12.6. The maximum atomic E-state index is 5.47. The molecule has 0 fully saturated rings. The van der Waals surface area contributed by atoms with E-state index >= 15 is 0 Å². The van der Waals surface area contributed by atoms with Gasteiger partial charge in [0.15, 0.2) is 5.82 Å². The summed E-state index contributed by atoms with van der Waals surface area (Å²) in [4.78, 5) is 9.00. The summed E-state index contributed by atoms with van der Waals surface area (Å²) < 4.78 is 0. The summed E-state index contributed by atoms with van der Waals surface area (Å²) in [5, 5.41) is 2.39. The highest BCUT2D eigenvalue weighted by atomic mass is 15.3. The first-order valence-corrected chi connectivity index (χ1v) is 6.64. The zero-order valence-electron chi connectivity index (χ0n) is 11.3. The minimum Gasteiger partial charge on any atom is -0.308 e. The molecule has 0 aliphatic carbocycles. The van der Waals surface area contributed by atoms with Gasteiger partial charge in [0.2, 0.25) is 0 Å². The monoisotopic (exact) mass is 264 g/mol. The standard InChI is InChI=1S/C16H16N4/c1-2-14-10-15(20-17)19-16(18-14)13-8-7-11-5-3-4-6-12(11)9-13/h3-10H,2,17H2,1H3,(H,18,19,20). The van der Waals surface area contributed by atoms with E-state index in [9.17, 15) is 0 Å². The minimum atomic E-state index is 0.639. The van der Waals surface area contributed by atoms with E-state index in [1.54, 1.807) is 0 Å².